The van der Waals surface area contributed by atoms with E-state index in [2.05, 4.69) is 14.9 Å². The van der Waals surface area contributed by atoms with Crippen LogP contribution in [0.2, 0.25) is 0 Å². The molecule has 0 spiro atoms. The summed E-state index contributed by atoms with van der Waals surface area (Å²) in [6, 6.07) is 3.62. The van der Waals surface area contributed by atoms with Crippen molar-refractivity contribution in [2.24, 2.45) is 0 Å². The number of aromatic nitrogens is 2. The zero-order valence-electron chi connectivity index (χ0n) is 10.4. The van der Waals surface area contributed by atoms with Crippen LogP contribution in [0.1, 0.15) is 11.4 Å². The number of aryl methyl sites for hydroxylation is 2. The van der Waals surface area contributed by atoms with E-state index >= 15 is 0 Å². The maximum absolute atomic E-state index is 13.0. The largest absolute Gasteiger partial charge is 0.396 e. The molecule has 4 N–H and O–H groups in total. The molecule has 1 heterocycles. The monoisotopic (exact) mass is 284 g/mol. The maximum atomic E-state index is 13.0. The van der Waals surface area contributed by atoms with Crippen molar-refractivity contribution in [3.63, 3.8) is 0 Å². The second-order valence-electron chi connectivity index (χ2n) is 4.10. The third kappa shape index (κ3) is 2.53. The predicted octanol–water partition coefficient (Wildman–Crippen LogP) is 1.55. The molecule has 2 rings (SSSR count). The molecule has 0 fully saturated rings. The minimum Gasteiger partial charge on any atom is -0.396 e. The molecule has 0 aliphatic rings. The Morgan fingerprint density at radius 2 is 2.05 bits per heavy atom. The van der Waals surface area contributed by atoms with Gasteiger partial charge in [-0.2, -0.15) is 5.10 Å². The van der Waals surface area contributed by atoms with Gasteiger partial charge < -0.3 is 5.73 Å². The number of nitrogens with zero attached hydrogens (tertiary/aromatic N) is 1. The van der Waals surface area contributed by atoms with Crippen molar-refractivity contribution in [1.29, 1.82) is 0 Å². The lowest BCUT2D eigenvalue weighted by atomic mass is 10.3. The Kier molecular flexibility index (Phi) is 3.19. The predicted molar refractivity (Wildman–Crippen MR) is 69.7 cm³/mol. The van der Waals surface area contributed by atoms with Crippen LogP contribution in [-0.2, 0) is 10.0 Å². The highest BCUT2D eigenvalue weighted by molar-refractivity contribution is 7.92. The highest BCUT2D eigenvalue weighted by Gasteiger charge is 2.22. The van der Waals surface area contributed by atoms with Gasteiger partial charge in [0.15, 0.2) is 0 Å². The number of anilines is 2. The minimum absolute atomic E-state index is 0.0791. The third-order valence-electron chi connectivity index (χ3n) is 2.58. The van der Waals surface area contributed by atoms with Crippen LogP contribution in [0.25, 0.3) is 0 Å². The summed E-state index contributed by atoms with van der Waals surface area (Å²) in [5.74, 6) is -0.598. The number of nitrogens with two attached hydrogens (primary N) is 1. The Balaban J connectivity index is 2.39. The fourth-order valence-corrected chi connectivity index (χ4v) is 3.17. The summed E-state index contributed by atoms with van der Waals surface area (Å²) in [5.41, 5.74) is 6.25. The minimum atomic E-state index is -3.78. The first-order chi connectivity index (χ1) is 8.81. The summed E-state index contributed by atoms with van der Waals surface area (Å²) in [7, 11) is -3.78. The van der Waals surface area contributed by atoms with Crippen LogP contribution in [0.15, 0.2) is 23.1 Å². The van der Waals surface area contributed by atoms with Crippen LogP contribution >= 0.6 is 0 Å². The SMILES string of the molecule is Cc1n[nH]c(C)c1S(=O)(=O)Nc1ccc(F)c(N)c1. The van der Waals surface area contributed by atoms with Gasteiger partial charge in [-0.15, -0.1) is 0 Å². The lowest BCUT2D eigenvalue weighted by molar-refractivity contribution is 0.600. The number of rotatable bonds is 3. The van der Waals surface area contributed by atoms with Crippen LogP contribution < -0.4 is 10.5 Å². The summed E-state index contributed by atoms with van der Waals surface area (Å²) >= 11 is 0. The molecule has 102 valence electrons. The molecule has 1 aromatic heterocycles. The second-order valence-corrected chi connectivity index (χ2v) is 5.72. The highest BCUT2D eigenvalue weighted by Crippen LogP contribution is 2.22. The zero-order chi connectivity index (χ0) is 14.2. The normalized spacial score (nSPS) is 11.5. The van der Waals surface area contributed by atoms with Crippen molar-refractivity contribution in [3.05, 3.63) is 35.4 Å². The molecule has 19 heavy (non-hydrogen) atoms. The van der Waals surface area contributed by atoms with Crippen molar-refractivity contribution >= 4 is 21.4 Å². The molecule has 0 saturated carbocycles. The van der Waals surface area contributed by atoms with E-state index in [0.717, 1.165) is 6.07 Å². The molecule has 0 aliphatic heterocycles. The fraction of sp³-hybridized carbons (Fsp3) is 0.182. The second kappa shape index (κ2) is 4.54. The van der Waals surface area contributed by atoms with Gasteiger partial charge in [-0.25, -0.2) is 12.8 Å². The van der Waals surface area contributed by atoms with E-state index in [9.17, 15) is 12.8 Å². The van der Waals surface area contributed by atoms with Gasteiger partial charge in [0.2, 0.25) is 0 Å². The van der Waals surface area contributed by atoms with Gasteiger partial charge in [0.25, 0.3) is 10.0 Å². The number of sulfonamides is 1. The van der Waals surface area contributed by atoms with Crippen LogP contribution in [0.3, 0.4) is 0 Å². The lowest BCUT2D eigenvalue weighted by Gasteiger charge is -2.09. The van der Waals surface area contributed by atoms with Gasteiger partial charge >= 0.3 is 0 Å². The number of aromatic amines is 1. The molecule has 6 nitrogen and oxygen atoms in total. The van der Waals surface area contributed by atoms with Gasteiger partial charge in [-0.3, -0.25) is 9.82 Å². The first-order valence-electron chi connectivity index (χ1n) is 5.40. The molecule has 1 aromatic carbocycles. The smallest absolute Gasteiger partial charge is 0.265 e. The number of H-pyrrole nitrogens is 1. The molecule has 0 bridgehead atoms. The van der Waals surface area contributed by atoms with Crippen molar-refractivity contribution in [2.75, 3.05) is 10.5 Å². The number of benzene rings is 1. The topological polar surface area (TPSA) is 101 Å². The molecule has 0 radical (unpaired) electrons. The van der Waals surface area contributed by atoms with E-state index in [-0.39, 0.29) is 16.3 Å². The Morgan fingerprint density at radius 3 is 2.58 bits per heavy atom. The summed E-state index contributed by atoms with van der Waals surface area (Å²) in [5, 5.41) is 6.42. The molecular formula is C11H13FN4O2S. The molecule has 0 unspecified atom stereocenters. The van der Waals surface area contributed by atoms with Crippen molar-refractivity contribution in [1.82, 2.24) is 10.2 Å². The molecule has 8 heteroatoms. The van der Waals surface area contributed by atoms with E-state index in [4.69, 9.17) is 5.73 Å². The number of nitrogen functional groups attached to an aromatic ring is 1. The van der Waals surface area contributed by atoms with Gasteiger partial charge in [-0.05, 0) is 32.0 Å². The summed E-state index contributed by atoms with van der Waals surface area (Å²) in [4.78, 5) is 0.0791. The van der Waals surface area contributed by atoms with Crippen LogP contribution in [0.5, 0.6) is 0 Å². The summed E-state index contributed by atoms with van der Waals surface area (Å²) in [6.07, 6.45) is 0. The Hall–Kier alpha value is -2.09. The molecule has 0 saturated heterocycles. The average molecular weight is 284 g/mol. The van der Waals surface area contributed by atoms with Gasteiger partial charge in [0.1, 0.15) is 10.7 Å². The molecule has 0 amide bonds. The van der Waals surface area contributed by atoms with Crippen LogP contribution in [0.4, 0.5) is 15.8 Å². The van der Waals surface area contributed by atoms with Gasteiger partial charge in [0.05, 0.1) is 22.8 Å². The van der Waals surface area contributed by atoms with Crippen LogP contribution in [-0.4, -0.2) is 18.6 Å². The number of hydrogen-bond donors (Lipinski definition) is 3. The summed E-state index contributed by atoms with van der Waals surface area (Å²) in [6.45, 7) is 3.19. The first kappa shape index (κ1) is 13.3. The van der Waals surface area contributed by atoms with E-state index in [0.29, 0.717) is 11.4 Å². The van der Waals surface area contributed by atoms with Crippen LogP contribution in [0, 0.1) is 19.7 Å². The Bertz CT molecular complexity index is 705. The van der Waals surface area contributed by atoms with Crippen molar-refractivity contribution < 1.29 is 12.8 Å². The first-order valence-corrected chi connectivity index (χ1v) is 6.89. The van der Waals surface area contributed by atoms with E-state index < -0.39 is 15.8 Å². The zero-order valence-corrected chi connectivity index (χ0v) is 11.2. The quantitative estimate of drug-likeness (QED) is 0.744. The van der Waals surface area contributed by atoms with Gasteiger partial charge in [-0.1, -0.05) is 0 Å². The molecule has 2 aromatic rings. The highest BCUT2D eigenvalue weighted by atomic mass is 32.2. The number of hydrogen-bond acceptors (Lipinski definition) is 4. The molecule has 0 atom stereocenters. The standard InChI is InChI=1S/C11H13FN4O2S/c1-6-11(7(2)15-14-6)19(17,18)16-8-3-4-9(12)10(13)5-8/h3-5,16H,13H2,1-2H3,(H,14,15). The third-order valence-corrected chi connectivity index (χ3v) is 4.22. The molecule has 0 aliphatic carbocycles. The van der Waals surface area contributed by atoms with Gasteiger partial charge in [0, 0.05) is 0 Å². The van der Waals surface area contributed by atoms with Crippen molar-refractivity contribution in [2.45, 2.75) is 18.7 Å². The number of nitrogens with one attached hydrogen (secondary N) is 2. The van der Waals surface area contributed by atoms with E-state index in [1.54, 1.807) is 13.8 Å². The maximum Gasteiger partial charge on any atom is 0.265 e. The Labute approximate surface area is 109 Å². The summed E-state index contributed by atoms with van der Waals surface area (Å²) < 4.78 is 39.7. The Morgan fingerprint density at radius 1 is 1.37 bits per heavy atom. The average Bonchev–Trinajstić information content (AvgIpc) is 2.64. The molecular weight excluding hydrogens is 271 g/mol. The number of halogens is 1. The fourth-order valence-electron chi connectivity index (χ4n) is 1.75. The van der Waals surface area contributed by atoms with E-state index in [1.165, 1.54) is 12.1 Å². The van der Waals surface area contributed by atoms with E-state index in [1.807, 2.05) is 0 Å². The van der Waals surface area contributed by atoms with Crippen molar-refractivity contribution in [3.8, 4) is 0 Å². The lowest BCUT2D eigenvalue weighted by Crippen LogP contribution is -2.14.